The van der Waals surface area contributed by atoms with E-state index in [2.05, 4.69) is 36.6 Å². The smallest absolute Gasteiger partial charge is 0.123 e. The predicted molar refractivity (Wildman–Crippen MR) is 91.3 cm³/mol. The van der Waals surface area contributed by atoms with E-state index in [1.165, 1.54) is 17.3 Å². The summed E-state index contributed by atoms with van der Waals surface area (Å²) in [6, 6.07) is 5.00. The first-order valence-electron chi connectivity index (χ1n) is 7.11. The second-order valence-electron chi connectivity index (χ2n) is 5.60. The zero-order valence-electron chi connectivity index (χ0n) is 12.0. The first-order valence-corrected chi connectivity index (χ1v) is 9.93. The van der Waals surface area contributed by atoms with Gasteiger partial charge in [-0.15, -0.1) is 0 Å². The monoisotopic (exact) mass is 371 g/mol. The van der Waals surface area contributed by atoms with Crippen LogP contribution in [-0.2, 0) is 12.3 Å². The number of aromatic amines is 1. The van der Waals surface area contributed by atoms with Gasteiger partial charge in [-0.3, -0.25) is 4.90 Å². The highest BCUT2D eigenvalue weighted by Gasteiger charge is 2.18. The maximum absolute atomic E-state index is 13.6. The summed E-state index contributed by atoms with van der Waals surface area (Å²) < 4.78 is 13.6. The maximum Gasteiger partial charge on any atom is 0.123 e. The quantitative estimate of drug-likeness (QED) is 0.887. The molecule has 0 unspecified atom stereocenters. The summed E-state index contributed by atoms with van der Waals surface area (Å²) in [7, 11) is 3.77. The van der Waals surface area contributed by atoms with Crippen molar-refractivity contribution >= 4 is 35.9 Å². The third-order valence-corrected chi connectivity index (χ3v) is 5.22. The molecule has 1 saturated heterocycles. The second kappa shape index (κ2) is 6.69. The molecule has 0 spiro atoms. The Morgan fingerprint density at radius 1 is 1.29 bits per heavy atom. The van der Waals surface area contributed by atoms with E-state index in [0.717, 1.165) is 49.4 Å². The molecule has 114 valence electrons. The molecule has 6 heteroatoms. The van der Waals surface area contributed by atoms with Crippen molar-refractivity contribution in [1.82, 2.24) is 14.8 Å². The normalized spacial score (nSPS) is 17.7. The fourth-order valence-electron chi connectivity index (χ4n) is 2.86. The van der Waals surface area contributed by atoms with Crippen molar-refractivity contribution in [2.24, 2.45) is 0 Å². The maximum atomic E-state index is 13.6. The Labute approximate surface area is 136 Å². The van der Waals surface area contributed by atoms with E-state index in [1.54, 1.807) is 16.3 Å². The van der Waals surface area contributed by atoms with Gasteiger partial charge in [0.25, 0.3) is 0 Å². The highest BCUT2D eigenvalue weighted by Crippen LogP contribution is 2.29. The van der Waals surface area contributed by atoms with Gasteiger partial charge in [-0.2, -0.15) is 0 Å². The minimum atomic E-state index is -0.167. The van der Waals surface area contributed by atoms with Gasteiger partial charge in [0, 0.05) is 55.1 Å². The summed E-state index contributed by atoms with van der Waals surface area (Å²) in [4.78, 5) is 8.24. The van der Waals surface area contributed by atoms with Crippen molar-refractivity contribution in [1.29, 1.82) is 0 Å². The third-order valence-electron chi connectivity index (χ3n) is 4.13. The van der Waals surface area contributed by atoms with Gasteiger partial charge in [-0.1, -0.05) is 10.2 Å². The zero-order valence-corrected chi connectivity index (χ0v) is 14.4. The zero-order chi connectivity index (χ0) is 14.8. The lowest BCUT2D eigenvalue weighted by Crippen LogP contribution is -2.43. The molecule has 1 aliphatic rings. The van der Waals surface area contributed by atoms with Crippen molar-refractivity contribution in [3.05, 3.63) is 35.3 Å². The van der Waals surface area contributed by atoms with Crippen molar-refractivity contribution in [3.63, 3.8) is 0 Å². The van der Waals surface area contributed by atoms with Crippen molar-refractivity contribution in [2.45, 2.75) is 12.3 Å². The molecule has 0 saturated carbocycles. The van der Waals surface area contributed by atoms with Crippen LogP contribution in [0, 0.1) is 5.82 Å². The van der Waals surface area contributed by atoms with Gasteiger partial charge in [0.1, 0.15) is 5.82 Å². The van der Waals surface area contributed by atoms with E-state index >= 15 is 0 Å². The number of piperazine rings is 1. The van der Waals surface area contributed by atoms with Gasteiger partial charge >= 0.3 is 0 Å². The average molecular weight is 372 g/mol. The highest BCUT2D eigenvalue weighted by molar-refractivity contribution is 9.50. The lowest BCUT2D eigenvalue weighted by molar-refractivity contribution is 0.148. The lowest BCUT2D eigenvalue weighted by Gasteiger charge is -2.32. The number of fused-ring (bicyclic) bond motifs is 1. The molecule has 1 fully saturated rings. The second-order valence-corrected chi connectivity index (χ2v) is 7.49. The van der Waals surface area contributed by atoms with E-state index < -0.39 is 0 Å². The number of hydrogen-bond acceptors (Lipinski definition) is 3. The molecule has 3 nitrogen and oxygen atoms in total. The minimum absolute atomic E-state index is 0.167. The number of hydrogen-bond donors (Lipinski definition) is 1. The Kier molecular flexibility index (Phi) is 4.88. The number of halogens is 2. The van der Waals surface area contributed by atoms with Gasteiger partial charge in [0.15, 0.2) is 0 Å². The van der Waals surface area contributed by atoms with Crippen molar-refractivity contribution in [2.75, 3.05) is 33.2 Å². The van der Waals surface area contributed by atoms with Crippen LogP contribution in [0.15, 0.2) is 18.2 Å². The molecule has 3 rings (SSSR count). The molecule has 1 aromatic carbocycles. The van der Waals surface area contributed by atoms with E-state index in [1.807, 2.05) is 6.07 Å². The fraction of sp³-hybridized carbons (Fsp3) is 0.467. The van der Waals surface area contributed by atoms with Gasteiger partial charge < -0.3 is 9.88 Å². The van der Waals surface area contributed by atoms with Crippen molar-refractivity contribution < 1.29 is 4.39 Å². The molecular weight excluding hydrogens is 353 g/mol. The number of H-pyrrole nitrogens is 1. The van der Waals surface area contributed by atoms with Gasteiger partial charge in [0.2, 0.25) is 0 Å². The predicted octanol–water partition coefficient (Wildman–Crippen LogP) is 3.60. The van der Waals surface area contributed by atoms with Crippen LogP contribution in [-0.4, -0.2) is 48.0 Å². The molecule has 0 radical (unpaired) electrons. The molecule has 2 heterocycles. The molecule has 0 aliphatic carbocycles. The van der Waals surface area contributed by atoms with Crippen LogP contribution in [0.25, 0.3) is 10.9 Å². The molecule has 0 bridgehead atoms. The van der Waals surface area contributed by atoms with Crippen LogP contribution < -0.4 is 0 Å². The topological polar surface area (TPSA) is 22.3 Å². The Hall–Kier alpha value is -0.560. The van der Waals surface area contributed by atoms with Crippen LogP contribution in [0.3, 0.4) is 0 Å². The molecule has 0 atom stereocenters. The minimum Gasteiger partial charge on any atom is -0.357 e. The molecule has 1 aromatic heterocycles. The van der Waals surface area contributed by atoms with Crippen LogP contribution in [0.2, 0.25) is 0 Å². The number of nitrogens with one attached hydrogen (secondary N) is 1. The first-order chi connectivity index (χ1) is 10.2. The van der Waals surface area contributed by atoms with E-state index in [4.69, 9.17) is 0 Å². The Balaban J connectivity index is 1.91. The third kappa shape index (κ3) is 3.44. The standard InChI is InChI=1S/C15H19BrFN3S/c1-19-4-6-20(7-5-19)9-13-12-8-11(17)2-3-14(12)18-15(13)10-21-16/h2-3,8,18H,4-7,9-10H2,1H3. The van der Waals surface area contributed by atoms with Crippen LogP contribution in [0.5, 0.6) is 0 Å². The molecular formula is C15H19BrFN3S. The number of likely N-dealkylation sites (N-methyl/N-ethyl adjacent to an activating group) is 1. The number of nitrogens with zero attached hydrogens (tertiary/aromatic N) is 2. The summed E-state index contributed by atoms with van der Waals surface area (Å²) in [5, 5.41) is 1.02. The largest absolute Gasteiger partial charge is 0.357 e. The summed E-state index contributed by atoms with van der Waals surface area (Å²) in [6.07, 6.45) is 0. The Bertz CT molecular complexity index is 623. The van der Waals surface area contributed by atoms with Crippen molar-refractivity contribution in [3.8, 4) is 0 Å². The summed E-state index contributed by atoms with van der Waals surface area (Å²) in [5.74, 6) is 0.693. The Morgan fingerprint density at radius 2 is 2.05 bits per heavy atom. The summed E-state index contributed by atoms with van der Waals surface area (Å²) >= 11 is 3.43. The number of rotatable bonds is 4. The van der Waals surface area contributed by atoms with Gasteiger partial charge in [-0.05, 0) is 45.6 Å². The van der Waals surface area contributed by atoms with Gasteiger partial charge in [0.05, 0.1) is 0 Å². The molecule has 1 aliphatic heterocycles. The van der Waals surface area contributed by atoms with E-state index in [-0.39, 0.29) is 5.82 Å². The molecule has 21 heavy (non-hydrogen) atoms. The Morgan fingerprint density at radius 3 is 2.76 bits per heavy atom. The summed E-state index contributed by atoms with van der Waals surface area (Å²) in [5.41, 5.74) is 3.45. The first kappa shape index (κ1) is 15.3. The molecule has 1 N–H and O–H groups in total. The van der Waals surface area contributed by atoms with E-state index in [9.17, 15) is 4.39 Å². The summed E-state index contributed by atoms with van der Waals surface area (Å²) in [6.45, 7) is 5.22. The van der Waals surface area contributed by atoms with Gasteiger partial charge in [-0.25, -0.2) is 4.39 Å². The fourth-order valence-corrected chi connectivity index (χ4v) is 3.91. The van der Waals surface area contributed by atoms with Crippen LogP contribution in [0.1, 0.15) is 11.3 Å². The average Bonchev–Trinajstić information content (AvgIpc) is 2.79. The number of aromatic nitrogens is 1. The SMILES string of the molecule is CN1CCN(Cc2c(CSBr)[nH]c3ccc(F)cc23)CC1. The van der Waals surface area contributed by atoms with E-state index in [0.29, 0.717) is 0 Å². The molecule has 2 aromatic rings. The van der Waals surface area contributed by atoms with Crippen LogP contribution in [0.4, 0.5) is 4.39 Å². The molecule has 0 amide bonds. The number of benzene rings is 1. The van der Waals surface area contributed by atoms with Crippen LogP contribution >= 0.6 is 25.0 Å². The lowest BCUT2D eigenvalue weighted by atomic mass is 10.1. The highest BCUT2D eigenvalue weighted by atomic mass is 79.9.